The van der Waals surface area contributed by atoms with E-state index in [0.29, 0.717) is 19.3 Å². The smallest absolute Gasteiger partial charge is 0.306 e. The van der Waals surface area contributed by atoms with Crippen molar-refractivity contribution in [1.29, 1.82) is 0 Å². The van der Waals surface area contributed by atoms with Crippen molar-refractivity contribution in [2.45, 2.75) is 361 Å². The Morgan fingerprint density at radius 1 is 0.288 bits per heavy atom. The summed E-state index contributed by atoms with van der Waals surface area (Å²) in [6.45, 7) is 6.56. The molecule has 0 aliphatic rings. The van der Waals surface area contributed by atoms with Crippen molar-refractivity contribution in [2.24, 2.45) is 0 Å². The molecule has 0 spiro atoms. The van der Waals surface area contributed by atoms with Crippen LogP contribution in [0.3, 0.4) is 0 Å². The highest BCUT2D eigenvalue weighted by Crippen LogP contribution is 2.18. The molecule has 0 saturated heterocycles. The van der Waals surface area contributed by atoms with Gasteiger partial charge >= 0.3 is 17.9 Å². The third-order valence-corrected chi connectivity index (χ3v) is 14.7. The van der Waals surface area contributed by atoms with Gasteiger partial charge in [-0.3, -0.25) is 14.4 Å². The van der Waals surface area contributed by atoms with Crippen LogP contribution in [0.4, 0.5) is 0 Å². The van der Waals surface area contributed by atoms with Crippen LogP contribution < -0.4 is 0 Å². The van der Waals surface area contributed by atoms with Gasteiger partial charge in [0.05, 0.1) is 0 Å². The largest absolute Gasteiger partial charge is 0.462 e. The average Bonchev–Trinajstić information content (AvgIpc) is 3.39. The second-order valence-electron chi connectivity index (χ2n) is 22.0. The van der Waals surface area contributed by atoms with E-state index in [1.807, 2.05) is 0 Å². The summed E-state index contributed by atoms with van der Waals surface area (Å²) in [6.07, 6.45) is 76.1. The first-order valence-corrected chi connectivity index (χ1v) is 32.5. The number of allylic oxidation sites excluding steroid dienone is 6. The molecule has 0 aliphatic heterocycles. The molecule has 0 amide bonds. The van der Waals surface area contributed by atoms with E-state index in [4.69, 9.17) is 14.2 Å². The van der Waals surface area contributed by atoms with E-state index in [1.54, 1.807) is 0 Å². The highest BCUT2D eigenvalue weighted by atomic mass is 16.6. The van der Waals surface area contributed by atoms with Crippen LogP contribution in [0.15, 0.2) is 36.5 Å². The van der Waals surface area contributed by atoms with Gasteiger partial charge in [-0.05, 0) is 51.4 Å². The Morgan fingerprint density at radius 3 is 0.836 bits per heavy atom. The summed E-state index contributed by atoms with van der Waals surface area (Å²) < 4.78 is 16.9. The summed E-state index contributed by atoms with van der Waals surface area (Å²) in [7, 11) is 0. The van der Waals surface area contributed by atoms with Crippen LogP contribution in [-0.2, 0) is 28.6 Å². The van der Waals surface area contributed by atoms with E-state index >= 15 is 0 Å². The third-order valence-electron chi connectivity index (χ3n) is 14.7. The average molecular weight is 1030 g/mol. The van der Waals surface area contributed by atoms with Crippen LogP contribution in [0.5, 0.6) is 0 Å². The number of esters is 3. The fourth-order valence-electron chi connectivity index (χ4n) is 9.81. The molecule has 0 aliphatic carbocycles. The van der Waals surface area contributed by atoms with Crippen LogP contribution in [-0.4, -0.2) is 37.2 Å². The second-order valence-corrected chi connectivity index (χ2v) is 22.0. The summed E-state index contributed by atoms with van der Waals surface area (Å²) in [4.78, 5) is 38.2. The minimum absolute atomic E-state index is 0.0743. The normalized spacial score (nSPS) is 12.2. The first kappa shape index (κ1) is 70.6. The quantitative estimate of drug-likeness (QED) is 0.0261. The Labute approximate surface area is 455 Å². The van der Waals surface area contributed by atoms with Crippen LogP contribution in [0.2, 0.25) is 0 Å². The zero-order valence-corrected chi connectivity index (χ0v) is 49.2. The summed E-state index contributed by atoms with van der Waals surface area (Å²) in [5.41, 5.74) is 0. The van der Waals surface area contributed by atoms with E-state index in [0.717, 1.165) is 96.3 Å². The summed E-state index contributed by atoms with van der Waals surface area (Å²) in [5.74, 6) is -0.871. The lowest BCUT2D eigenvalue weighted by Crippen LogP contribution is -2.30. The van der Waals surface area contributed by atoms with Gasteiger partial charge in [0, 0.05) is 19.3 Å². The second kappa shape index (κ2) is 62.2. The predicted octanol–water partition coefficient (Wildman–Crippen LogP) is 22.0. The molecule has 0 aromatic rings. The monoisotopic (exact) mass is 1020 g/mol. The summed E-state index contributed by atoms with van der Waals surface area (Å²) in [6, 6.07) is 0. The van der Waals surface area contributed by atoms with E-state index in [1.165, 1.54) is 218 Å². The zero-order valence-electron chi connectivity index (χ0n) is 49.2. The lowest BCUT2D eigenvalue weighted by molar-refractivity contribution is -0.167. The SMILES string of the molecule is CC/C=C\C/C=C\C/C=C\CCCCCCCC(=O)OC(COC(=O)CCCCCCCCCCCCC)COC(=O)CCCCCCCCCCCCCCCCCCCCCCCCCCCCCCC. The molecule has 428 valence electrons. The lowest BCUT2D eigenvalue weighted by Gasteiger charge is -2.18. The van der Waals surface area contributed by atoms with E-state index in [2.05, 4.69) is 57.2 Å². The molecular weight excluding hydrogens is 901 g/mol. The Morgan fingerprint density at radius 2 is 0.534 bits per heavy atom. The van der Waals surface area contributed by atoms with E-state index in [9.17, 15) is 14.4 Å². The van der Waals surface area contributed by atoms with Crippen molar-refractivity contribution in [3.8, 4) is 0 Å². The molecular formula is C67H124O6. The van der Waals surface area contributed by atoms with Crippen LogP contribution in [0, 0.1) is 0 Å². The van der Waals surface area contributed by atoms with Crippen molar-refractivity contribution < 1.29 is 28.6 Å². The van der Waals surface area contributed by atoms with Gasteiger partial charge in [0.2, 0.25) is 0 Å². The topological polar surface area (TPSA) is 78.9 Å². The molecule has 0 aromatic heterocycles. The molecule has 0 N–H and O–H groups in total. The van der Waals surface area contributed by atoms with Crippen molar-refractivity contribution in [1.82, 2.24) is 0 Å². The zero-order chi connectivity index (χ0) is 52.9. The number of ether oxygens (including phenoxy) is 3. The molecule has 73 heavy (non-hydrogen) atoms. The molecule has 1 atom stereocenters. The van der Waals surface area contributed by atoms with Crippen molar-refractivity contribution in [3.63, 3.8) is 0 Å². The molecule has 0 heterocycles. The number of unbranched alkanes of at least 4 members (excludes halogenated alkanes) is 43. The third kappa shape index (κ3) is 60.4. The molecule has 6 nitrogen and oxygen atoms in total. The number of rotatable bonds is 60. The fraction of sp³-hybridized carbons (Fsp3) is 0.866. The Kier molecular flexibility index (Phi) is 60.2. The highest BCUT2D eigenvalue weighted by molar-refractivity contribution is 5.71. The minimum atomic E-state index is -0.777. The first-order valence-electron chi connectivity index (χ1n) is 32.5. The fourth-order valence-corrected chi connectivity index (χ4v) is 9.81. The van der Waals surface area contributed by atoms with Crippen molar-refractivity contribution in [2.75, 3.05) is 13.2 Å². The van der Waals surface area contributed by atoms with Gasteiger partial charge in [0.25, 0.3) is 0 Å². The highest BCUT2D eigenvalue weighted by Gasteiger charge is 2.19. The van der Waals surface area contributed by atoms with Gasteiger partial charge in [-0.15, -0.1) is 0 Å². The minimum Gasteiger partial charge on any atom is -0.462 e. The van der Waals surface area contributed by atoms with Gasteiger partial charge in [-0.25, -0.2) is 0 Å². The van der Waals surface area contributed by atoms with Crippen LogP contribution >= 0.6 is 0 Å². The molecule has 0 radical (unpaired) electrons. The van der Waals surface area contributed by atoms with Crippen LogP contribution in [0.25, 0.3) is 0 Å². The Bertz CT molecular complexity index is 1220. The van der Waals surface area contributed by atoms with E-state index < -0.39 is 6.10 Å². The molecule has 0 aromatic carbocycles. The maximum atomic E-state index is 12.9. The summed E-state index contributed by atoms with van der Waals surface area (Å²) >= 11 is 0. The molecule has 0 fully saturated rings. The number of carbonyl (C=O) groups excluding carboxylic acids is 3. The van der Waals surface area contributed by atoms with Gasteiger partial charge < -0.3 is 14.2 Å². The molecule has 0 bridgehead atoms. The number of hydrogen-bond acceptors (Lipinski definition) is 6. The molecule has 6 heteroatoms. The van der Waals surface area contributed by atoms with E-state index in [-0.39, 0.29) is 31.1 Å². The predicted molar refractivity (Wildman–Crippen MR) is 316 cm³/mol. The maximum Gasteiger partial charge on any atom is 0.306 e. The lowest BCUT2D eigenvalue weighted by atomic mass is 10.0. The Balaban J connectivity index is 4.11. The van der Waals surface area contributed by atoms with Gasteiger partial charge in [-0.1, -0.05) is 320 Å². The van der Waals surface area contributed by atoms with Crippen molar-refractivity contribution >= 4 is 17.9 Å². The van der Waals surface area contributed by atoms with Gasteiger partial charge in [0.1, 0.15) is 13.2 Å². The standard InChI is InChI=1S/C67H124O6/c1-4-7-10-13-16-19-22-24-26-27-28-29-30-31-32-33-34-35-36-37-38-39-41-42-45-48-51-54-57-60-66(69)72-63-64(62-71-65(68)59-56-53-50-47-44-21-18-15-12-9-6-3)73-67(70)61-58-55-52-49-46-43-40-25-23-20-17-14-11-8-5-2/h8,11,17,20,25,40,64H,4-7,9-10,12-16,18-19,21-24,26-39,41-63H2,1-3H3/b11-8-,20-17-,40-25-. The van der Waals surface area contributed by atoms with Gasteiger partial charge in [-0.2, -0.15) is 0 Å². The molecule has 1 unspecified atom stereocenters. The molecule has 0 rings (SSSR count). The van der Waals surface area contributed by atoms with Crippen molar-refractivity contribution in [3.05, 3.63) is 36.5 Å². The van der Waals surface area contributed by atoms with Crippen LogP contribution in [0.1, 0.15) is 355 Å². The number of hydrogen-bond donors (Lipinski definition) is 0. The molecule has 0 saturated carbocycles. The Hall–Kier alpha value is -2.37. The van der Waals surface area contributed by atoms with Gasteiger partial charge in [0.15, 0.2) is 6.10 Å². The summed E-state index contributed by atoms with van der Waals surface area (Å²) in [5, 5.41) is 0. The maximum absolute atomic E-state index is 12.9. The number of carbonyl (C=O) groups is 3. The first-order chi connectivity index (χ1) is 36.0.